The van der Waals surface area contributed by atoms with Crippen molar-refractivity contribution >= 4 is 5.91 Å². The Kier molecular flexibility index (Phi) is 6.11. The summed E-state index contributed by atoms with van der Waals surface area (Å²) in [6.45, 7) is 6.54. The molecule has 5 heteroatoms. The van der Waals surface area contributed by atoms with Crippen molar-refractivity contribution in [2.45, 2.75) is 39.2 Å². The van der Waals surface area contributed by atoms with E-state index in [0.717, 1.165) is 44.6 Å². The largest absolute Gasteiger partial charge is 0.362 e. The number of likely N-dealkylation sites (tertiary alicyclic amines) is 1. The number of aryl methyl sites for hydroxylation is 2. The zero-order valence-electron chi connectivity index (χ0n) is 16.5. The molecule has 1 aliphatic heterocycles. The Morgan fingerprint density at radius 1 is 1.26 bits per heavy atom. The molecule has 1 atom stereocenters. The maximum atomic E-state index is 13.0. The van der Waals surface area contributed by atoms with Crippen LogP contribution in [-0.4, -0.2) is 53.4 Å². The molecule has 2 heterocycles. The summed E-state index contributed by atoms with van der Waals surface area (Å²) in [5, 5.41) is 0. The van der Waals surface area contributed by atoms with Gasteiger partial charge in [0.2, 0.25) is 0 Å². The number of amides is 1. The second kappa shape index (κ2) is 8.53. The number of hydrogen-bond acceptors (Lipinski definition) is 3. The first-order valence-corrected chi connectivity index (χ1v) is 9.69. The molecule has 3 rings (SSSR count). The number of carbonyl (C=O) groups is 1. The van der Waals surface area contributed by atoms with Crippen LogP contribution < -0.4 is 5.43 Å². The van der Waals surface area contributed by atoms with E-state index in [2.05, 4.69) is 34.1 Å². The standard InChI is InChI=1S/C22H29N3O2/c1-16-14-20(26)21(17(2)23-16)22(27)24(3)19-10-7-12-25(15-19)13-11-18-8-5-4-6-9-18/h4-6,8-9,14,19H,7,10-13,15H2,1-3H3,(H,23,26). The van der Waals surface area contributed by atoms with E-state index in [1.54, 1.807) is 11.8 Å². The lowest BCUT2D eigenvalue weighted by molar-refractivity contribution is 0.0617. The van der Waals surface area contributed by atoms with Crippen molar-refractivity contribution in [2.24, 2.45) is 0 Å². The summed E-state index contributed by atoms with van der Waals surface area (Å²) in [5.41, 5.74) is 2.84. The normalized spacial score (nSPS) is 17.7. The Morgan fingerprint density at radius 3 is 2.70 bits per heavy atom. The van der Waals surface area contributed by atoms with E-state index in [4.69, 9.17) is 0 Å². The third-order valence-electron chi connectivity index (χ3n) is 5.48. The van der Waals surface area contributed by atoms with Crippen LogP contribution in [0.1, 0.15) is 40.2 Å². The van der Waals surface area contributed by atoms with Gasteiger partial charge in [-0.05, 0) is 45.2 Å². The van der Waals surface area contributed by atoms with Crippen LogP contribution in [0.3, 0.4) is 0 Å². The molecule has 1 aromatic carbocycles. The summed E-state index contributed by atoms with van der Waals surface area (Å²) < 4.78 is 0. The van der Waals surface area contributed by atoms with Gasteiger partial charge in [0.15, 0.2) is 5.43 Å². The molecule has 27 heavy (non-hydrogen) atoms. The average Bonchev–Trinajstić information content (AvgIpc) is 2.66. The predicted molar refractivity (Wildman–Crippen MR) is 108 cm³/mol. The zero-order valence-corrected chi connectivity index (χ0v) is 16.5. The van der Waals surface area contributed by atoms with Gasteiger partial charge < -0.3 is 14.8 Å². The minimum Gasteiger partial charge on any atom is -0.362 e. The van der Waals surface area contributed by atoms with Crippen molar-refractivity contribution < 1.29 is 4.79 Å². The SMILES string of the molecule is Cc1cc(=O)c(C(=O)N(C)C2CCCN(CCc3ccccc3)C2)c(C)[nH]1. The van der Waals surface area contributed by atoms with Crippen LogP contribution in [0.15, 0.2) is 41.2 Å². The van der Waals surface area contributed by atoms with E-state index in [0.29, 0.717) is 5.69 Å². The minimum atomic E-state index is -0.197. The summed E-state index contributed by atoms with van der Waals surface area (Å²) >= 11 is 0. The number of likely N-dealkylation sites (N-methyl/N-ethyl adjacent to an activating group) is 1. The number of rotatable bonds is 5. The summed E-state index contributed by atoms with van der Waals surface area (Å²) in [5.74, 6) is -0.177. The van der Waals surface area contributed by atoms with Gasteiger partial charge in [0.05, 0.1) is 0 Å². The molecule has 0 bridgehead atoms. The maximum absolute atomic E-state index is 13.0. The molecular weight excluding hydrogens is 338 g/mol. The summed E-state index contributed by atoms with van der Waals surface area (Å²) in [4.78, 5) is 32.6. The van der Waals surface area contributed by atoms with Crippen molar-refractivity contribution in [2.75, 3.05) is 26.7 Å². The number of aromatic nitrogens is 1. The fourth-order valence-corrected chi connectivity index (χ4v) is 3.94. The average molecular weight is 367 g/mol. The van der Waals surface area contributed by atoms with E-state index < -0.39 is 0 Å². The molecule has 1 aromatic heterocycles. The quantitative estimate of drug-likeness (QED) is 0.884. The van der Waals surface area contributed by atoms with Crippen molar-refractivity contribution in [1.82, 2.24) is 14.8 Å². The molecular formula is C22H29N3O2. The van der Waals surface area contributed by atoms with Gasteiger partial charge in [-0.3, -0.25) is 9.59 Å². The van der Waals surface area contributed by atoms with E-state index in [9.17, 15) is 9.59 Å². The Morgan fingerprint density at radius 2 is 2.00 bits per heavy atom. The number of pyridine rings is 1. The lowest BCUT2D eigenvalue weighted by Crippen LogP contribution is -2.49. The molecule has 1 fully saturated rings. The Hall–Kier alpha value is -2.40. The Bertz CT molecular complexity index is 844. The van der Waals surface area contributed by atoms with Gasteiger partial charge in [0.1, 0.15) is 5.56 Å². The van der Waals surface area contributed by atoms with E-state index in [-0.39, 0.29) is 22.9 Å². The van der Waals surface area contributed by atoms with E-state index in [1.165, 1.54) is 11.6 Å². The van der Waals surface area contributed by atoms with Crippen LogP contribution in [0.5, 0.6) is 0 Å². The molecule has 1 unspecified atom stereocenters. The topological polar surface area (TPSA) is 56.4 Å². The fraction of sp³-hybridized carbons (Fsp3) is 0.455. The highest BCUT2D eigenvalue weighted by Crippen LogP contribution is 2.17. The fourth-order valence-electron chi connectivity index (χ4n) is 3.94. The summed E-state index contributed by atoms with van der Waals surface area (Å²) in [7, 11) is 1.83. The lowest BCUT2D eigenvalue weighted by atomic mass is 10.0. The monoisotopic (exact) mass is 367 g/mol. The highest BCUT2D eigenvalue weighted by Gasteiger charge is 2.28. The van der Waals surface area contributed by atoms with Gasteiger partial charge in [0, 0.05) is 43.6 Å². The Balaban J connectivity index is 1.65. The smallest absolute Gasteiger partial charge is 0.259 e. The molecule has 1 amide bonds. The van der Waals surface area contributed by atoms with Gasteiger partial charge in [-0.2, -0.15) is 0 Å². The zero-order chi connectivity index (χ0) is 19.4. The molecule has 144 valence electrons. The van der Waals surface area contributed by atoms with Crippen molar-refractivity contribution in [3.8, 4) is 0 Å². The second-order valence-corrected chi connectivity index (χ2v) is 7.56. The number of H-pyrrole nitrogens is 1. The van der Waals surface area contributed by atoms with Gasteiger partial charge in [-0.1, -0.05) is 30.3 Å². The lowest BCUT2D eigenvalue weighted by Gasteiger charge is -2.37. The van der Waals surface area contributed by atoms with E-state index >= 15 is 0 Å². The van der Waals surface area contributed by atoms with Crippen LogP contribution in [0.4, 0.5) is 0 Å². The van der Waals surface area contributed by atoms with Crippen molar-refractivity contribution in [1.29, 1.82) is 0 Å². The minimum absolute atomic E-state index is 0.141. The molecule has 0 saturated carbocycles. The highest BCUT2D eigenvalue weighted by molar-refractivity contribution is 5.95. The van der Waals surface area contributed by atoms with Crippen LogP contribution in [0.2, 0.25) is 0 Å². The number of hydrogen-bond donors (Lipinski definition) is 1. The molecule has 2 aromatic rings. The van der Waals surface area contributed by atoms with Crippen molar-refractivity contribution in [3.63, 3.8) is 0 Å². The number of aromatic amines is 1. The molecule has 1 saturated heterocycles. The number of nitrogens with zero attached hydrogens (tertiary/aromatic N) is 2. The first kappa shape index (κ1) is 19.4. The number of benzene rings is 1. The first-order chi connectivity index (χ1) is 13.0. The van der Waals surface area contributed by atoms with Gasteiger partial charge in [-0.15, -0.1) is 0 Å². The number of piperidine rings is 1. The van der Waals surface area contributed by atoms with Crippen LogP contribution in [0.25, 0.3) is 0 Å². The van der Waals surface area contributed by atoms with Gasteiger partial charge in [0.25, 0.3) is 5.91 Å². The third-order valence-corrected chi connectivity index (χ3v) is 5.48. The van der Waals surface area contributed by atoms with Crippen molar-refractivity contribution in [3.05, 3.63) is 69.1 Å². The third kappa shape index (κ3) is 4.66. The Labute approximate surface area is 161 Å². The predicted octanol–water partition coefficient (Wildman–Crippen LogP) is 2.77. The maximum Gasteiger partial charge on any atom is 0.259 e. The van der Waals surface area contributed by atoms with Crippen LogP contribution in [-0.2, 0) is 6.42 Å². The molecule has 1 N–H and O–H groups in total. The van der Waals surface area contributed by atoms with Gasteiger partial charge in [-0.25, -0.2) is 0 Å². The number of carbonyl (C=O) groups excluding carboxylic acids is 1. The first-order valence-electron chi connectivity index (χ1n) is 9.69. The second-order valence-electron chi connectivity index (χ2n) is 7.56. The molecule has 0 aliphatic carbocycles. The van der Waals surface area contributed by atoms with E-state index in [1.807, 2.05) is 20.0 Å². The molecule has 0 spiro atoms. The number of nitrogens with one attached hydrogen (secondary N) is 1. The van der Waals surface area contributed by atoms with Crippen LogP contribution in [0, 0.1) is 13.8 Å². The van der Waals surface area contributed by atoms with Gasteiger partial charge >= 0.3 is 0 Å². The highest BCUT2D eigenvalue weighted by atomic mass is 16.2. The molecule has 1 aliphatic rings. The summed E-state index contributed by atoms with van der Waals surface area (Å²) in [6.07, 6.45) is 3.06. The molecule has 0 radical (unpaired) electrons. The summed E-state index contributed by atoms with van der Waals surface area (Å²) in [6, 6.07) is 12.1. The molecule has 5 nitrogen and oxygen atoms in total. The van der Waals surface area contributed by atoms with Crippen LogP contribution >= 0.6 is 0 Å².